The van der Waals surface area contributed by atoms with Gasteiger partial charge in [0, 0.05) is 19.4 Å². The van der Waals surface area contributed by atoms with Crippen molar-refractivity contribution in [2.45, 2.75) is 71.6 Å². The van der Waals surface area contributed by atoms with E-state index >= 15 is 0 Å². The first-order valence-corrected chi connectivity index (χ1v) is 7.43. The molecule has 0 aromatic heterocycles. The second-order valence-corrected chi connectivity index (χ2v) is 5.35. The maximum atomic E-state index is 11.2. The minimum absolute atomic E-state index is 0.0870. The molecular formula is C15H30O3. The smallest absolute Gasteiger partial charge is 0.305 e. The summed E-state index contributed by atoms with van der Waals surface area (Å²) in [5, 5.41) is 8.54. The molecule has 0 aliphatic carbocycles. The predicted molar refractivity (Wildman–Crippen MR) is 74.4 cm³/mol. The van der Waals surface area contributed by atoms with Gasteiger partial charge in [-0.3, -0.25) is 4.79 Å². The van der Waals surface area contributed by atoms with Crippen molar-refractivity contribution in [3.63, 3.8) is 0 Å². The van der Waals surface area contributed by atoms with E-state index in [9.17, 15) is 4.79 Å². The van der Waals surface area contributed by atoms with E-state index in [4.69, 9.17) is 9.84 Å². The van der Waals surface area contributed by atoms with E-state index in [2.05, 4.69) is 13.8 Å². The highest BCUT2D eigenvalue weighted by molar-refractivity contribution is 5.69. The number of aliphatic hydroxyl groups is 1. The van der Waals surface area contributed by atoms with Crippen molar-refractivity contribution in [1.29, 1.82) is 0 Å². The monoisotopic (exact) mass is 258 g/mol. The molecule has 0 aliphatic heterocycles. The first kappa shape index (κ1) is 17.4. The molecule has 1 N–H and O–H groups in total. The summed E-state index contributed by atoms with van der Waals surface area (Å²) in [5.41, 5.74) is 0. The normalized spacial score (nSPS) is 10.9. The van der Waals surface area contributed by atoms with Gasteiger partial charge in [0.25, 0.3) is 0 Å². The van der Waals surface area contributed by atoms with Crippen molar-refractivity contribution >= 4 is 5.97 Å². The molecule has 0 aromatic carbocycles. The Morgan fingerprint density at radius 3 is 2.22 bits per heavy atom. The molecule has 0 radical (unpaired) electrons. The van der Waals surface area contributed by atoms with Gasteiger partial charge in [0.05, 0.1) is 6.61 Å². The Labute approximate surface area is 112 Å². The van der Waals surface area contributed by atoms with Crippen LogP contribution < -0.4 is 0 Å². The fourth-order valence-corrected chi connectivity index (χ4v) is 1.85. The summed E-state index contributed by atoms with van der Waals surface area (Å²) in [4.78, 5) is 11.2. The molecule has 0 amide bonds. The number of hydrogen-bond donors (Lipinski definition) is 1. The summed E-state index contributed by atoms with van der Waals surface area (Å²) < 4.78 is 4.95. The number of rotatable bonds is 12. The average molecular weight is 258 g/mol. The van der Waals surface area contributed by atoms with Crippen LogP contribution in [0, 0.1) is 5.92 Å². The number of carbonyl (C=O) groups is 1. The summed E-state index contributed by atoms with van der Waals surface area (Å²) in [6.45, 7) is 4.97. The van der Waals surface area contributed by atoms with Crippen LogP contribution >= 0.6 is 0 Å². The number of esters is 1. The van der Waals surface area contributed by atoms with Crippen LogP contribution in [0.1, 0.15) is 71.6 Å². The molecule has 0 saturated carbocycles. The van der Waals surface area contributed by atoms with E-state index in [1.807, 2.05) is 0 Å². The van der Waals surface area contributed by atoms with E-state index in [1.165, 1.54) is 32.1 Å². The molecule has 18 heavy (non-hydrogen) atoms. The quantitative estimate of drug-likeness (QED) is 0.429. The minimum Gasteiger partial charge on any atom is -0.466 e. The zero-order chi connectivity index (χ0) is 13.6. The standard InChI is InChI=1S/C15H30O3/c1-14(2)10-7-5-3-4-6-8-11-15(17)18-13-9-12-16/h14,16H,3-13H2,1-2H3. The van der Waals surface area contributed by atoms with Crippen LogP contribution in [-0.4, -0.2) is 24.3 Å². The Bertz CT molecular complexity index is 190. The van der Waals surface area contributed by atoms with E-state index in [0.717, 1.165) is 18.8 Å². The lowest BCUT2D eigenvalue weighted by atomic mass is 10.0. The van der Waals surface area contributed by atoms with Crippen LogP contribution in [0.25, 0.3) is 0 Å². The number of aliphatic hydroxyl groups excluding tert-OH is 1. The summed E-state index contributed by atoms with van der Waals surface area (Å²) in [5.74, 6) is 0.696. The number of carbonyl (C=O) groups excluding carboxylic acids is 1. The molecule has 0 heterocycles. The van der Waals surface area contributed by atoms with Gasteiger partial charge in [-0.15, -0.1) is 0 Å². The van der Waals surface area contributed by atoms with Crippen molar-refractivity contribution < 1.29 is 14.6 Å². The molecule has 0 spiro atoms. The van der Waals surface area contributed by atoms with Crippen LogP contribution in [0.3, 0.4) is 0 Å². The van der Waals surface area contributed by atoms with Gasteiger partial charge in [0.1, 0.15) is 0 Å². The molecule has 3 heteroatoms. The SMILES string of the molecule is CC(C)CCCCCCCCC(=O)OCCCO. The predicted octanol–water partition coefficient (Wildman–Crippen LogP) is 3.69. The second kappa shape index (κ2) is 12.9. The molecule has 0 aromatic rings. The molecule has 0 fully saturated rings. The highest BCUT2D eigenvalue weighted by Gasteiger charge is 2.02. The highest BCUT2D eigenvalue weighted by atomic mass is 16.5. The van der Waals surface area contributed by atoms with Crippen LogP contribution in [-0.2, 0) is 9.53 Å². The van der Waals surface area contributed by atoms with Gasteiger partial charge in [-0.05, 0) is 12.3 Å². The zero-order valence-corrected chi connectivity index (χ0v) is 12.1. The van der Waals surface area contributed by atoms with Crippen molar-refractivity contribution in [2.75, 3.05) is 13.2 Å². The molecular weight excluding hydrogens is 228 g/mol. The first-order valence-electron chi connectivity index (χ1n) is 7.43. The van der Waals surface area contributed by atoms with Crippen molar-refractivity contribution in [3.8, 4) is 0 Å². The Hall–Kier alpha value is -0.570. The van der Waals surface area contributed by atoms with E-state index < -0.39 is 0 Å². The van der Waals surface area contributed by atoms with Gasteiger partial charge >= 0.3 is 5.97 Å². The molecule has 0 rings (SSSR count). The largest absolute Gasteiger partial charge is 0.466 e. The Kier molecular flexibility index (Phi) is 12.5. The maximum absolute atomic E-state index is 11.2. The van der Waals surface area contributed by atoms with Crippen molar-refractivity contribution in [1.82, 2.24) is 0 Å². The lowest BCUT2D eigenvalue weighted by Crippen LogP contribution is -2.06. The van der Waals surface area contributed by atoms with Gasteiger partial charge < -0.3 is 9.84 Å². The Morgan fingerprint density at radius 2 is 1.61 bits per heavy atom. The van der Waals surface area contributed by atoms with Crippen LogP contribution in [0.2, 0.25) is 0 Å². The zero-order valence-electron chi connectivity index (χ0n) is 12.1. The molecule has 0 aliphatic rings. The third-order valence-corrected chi connectivity index (χ3v) is 2.98. The summed E-state index contributed by atoms with van der Waals surface area (Å²) in [7, 11) is 0. The van der Waals surface area contributed by atoms with Crippen LogP contribution in [0.15, 0.2) is 0 Å². The fraction of sp³-hybridized carbons (Fsp3) is 0.933. The highest BCUT2D eigenvalue weighted by Crippen LogP contribution is 2.12. The lowest BCUT2D eigenvalue weighted by molar-refractivity contribution is -0.144. The minimum atomic E-state index is -0.122. The second-order valence-electron chi connectivity index (χ2n) is 5.35. The molecule has 0 saturated heterocycles. The van der Waals surface area contributed by atoms with Gasteiger partial charge in [-0.2, -0.15) is 0 Å². The molecule has 3 nitrogen and oxygen atoms in total. The Balaban J connectivity index is 3.12. The van der Waals surface area contributed by atoms with Crippen molar-refractivity contribution in [3.05, 3.63) is 0 Å². The number of unbranched alkanes of at least 4 members (excludes halogenated alkanes) is 5. The number of ether oxygens (including phenoxy) is 1. The average Bonchev–Trinajstić information content (AvgIpc) is 2.32. The van der Waals surface area contributed by atoms with Gasteiger partial charge in [0.15, 0.2) is 0 Å². The maximum Gasteiger partial charge on any atom is 0.305 e. The topological polar surface area (TPSA) is 46.5 Å². The summed E-state index contributed by atoms with van der Waals surface area (Å²) in [6, 6.07) is 0. The van der Waals surface area contributed by atoms with E-state index in [1.54, 1.807) is 0 Å². The molecule has 0 unspecified atom stereocenters. The number of hydrogen-bond acceptors (Lipinski definition) is 3. The van der Waals surface area contributed by atoms with Crippen molar-refractivity contribution in [2.24, 2.45) is 5.92 Å². The van der Waals surface area contributed by atoms with Crippen LogP contribution in [0.5, 0.6) is 0 Å². The third-order valence-electron chi connectivity index (χ3n) is 2.98. The Morgan fingerprint density at radius 1 is 1.00 bits per heavy atom. The third kappa shape index (κ3) is 13.5. The van der Waals surface area contributed by atoms with E-state index in [-0.39, 0.29) is 12.6 Å². The molecule has 0 bridgehead atoms. The lowest BCUT2D eigenvalue weighted by Gasteiger charge is -2.05. The summed E-state index contributed by atoms with van der Waals surface area (Å²) in [6.07, 6.45) is 9.61. The van der Waals surface area contributed by atoms with Gasteiger partial charge in [-0.1, -0.05) is 52.4 Å². The first-order chi connectivity index (χ1) is 8.66. The molecule has 108 valence electrons. The summed E-state index contributed by atoms with van der Waals surface area (Å²) >= 11 is 0. The molecule has 0 atom stereocenters. The van der Waals surface area contributed by atoms with Gasteiger partial charge in [0.2, 0.25) is 0 Å². The van der Waals surface area contributed by atoms with Crippen LogP contribution in [0.4, 0.5) is 0 Å². The van der Waals surface area contributed by atoms with Gasteiger partial charge in [-0.25, -0.2) is 0 Å². The van der Waals surface area contributed by atoms with E-state index in [0.29, 0.717) is 19.4 Å². The fourth-order valence-electron chi connectivity index (χ4n) is 1.85.